The van der Waals surface area contributed by atoms with Crippen LogP contribution in [0, 0.1) is 0 Å². The molecule has 1 heterocycles. The Balaban J connectivity index is 1.47. The number of rotatable bonds is 8. The highest BCUT2D eigenvalue weighted by atomic mass is 16.5. The molecule has 3 rings (SSSR count). The molecule has 1 saturated heterocycles. The van der Waals surface area contributed by atoms with Crippen molar-refractivity contribution in [1.82, 2.24) is 0 Å². The second-order valence-corrected chi connectivity index (χ2v) is 6.72. The van der Waals surface area contributed by atoms with E-state index in [1.165, 1.54) is 5.56 Å². The normalized spacial score (nSPS) is 17.3. The van der Waals surface area contributed by atoms with E-state index in [1.807, 2.05) is 48.5 Å². The number of carbonyl (C=O) groups is 1. The molecule has 5 heteroatoms. The molecule has 0 aromatic heterocycles. The van der Waals surface area contributed by atoms with Crippen molar-refractivity contribution in [3.63, 3.8) is 0 Å². The molecule has 1 N–H and O–H groups in total. The third kappa shape index (κ3) is 5.73. The lowest BCUT2D eigenvalue weighted by Gasteiger charge is -2.15. The van der Waals surface area contributed by atoms with E-state index in [2.05, 4.69) is 12.2 Å². The van der Waals surface area contributed by atoms with Crippen LogP contribution in [0.15, 0.2) is 48.5 Å². The second kappa shape index (κ2) is 9.42. The standard InChI is InChI=1S/C22H27NO4/c1-3-17-6-10-20(11-7-17)27-16(2)22(24)23-18-8-12-19(13-9-18)26-15-21-5-4-14-25-21/h6-13,16,21H,3-5,14-15H2,1-2H3,(H,23,24)/t16-,21+/m0/s1. The number of aryl methyl sites for hydroxylation is 1. The smallest absolute Gasteiger partial charge is 0.265 e. The summed E-state index contributed by atoms with van der Waals surface area (Å²) >= 11 is 0. The van der Waals surface area contributed by atoms with Crippen LogP contribution in [0.3, 0.4) is 0 Å². The van der Waals surface area contributed by atoms with Gasteiger partial charge in [-0.1, -0.05) is 19.1 Å². The average Bonchev–Trinajstić information content (AvgIpc) is 3.21. The van der Waals surface area contributed by atoms with Gasteiger partial charge < -0.3 is 19.5 Å². The van der Waals surface area contributed by atoms with Gasteiger partial charge in [0.25, 0.3) is 5.91 Å². The van der Waals surface area contributed by atoms with Gasteiger partial charge in [-0.2, -0.15) is 0 Å². The number of amides is 1. The van der Waals surface area contributed by atoms with Gasteiger partial charge in [-0.05, 0) is 68.1 Å². The Hall–Kier alpha value is -2.53. The molecular formula is C22H27NO4. The molecule has 2 aromatic rings. The van der Waals surface area contributed by atoms with Crippen LogP contribution in [0.2, 0.25) is 0 Å². The van der Waals surface area contributed by atoms with Crippen LogP contribution in [0.1, 0.15) is 32.3 Å². The van der Waals surface area contributed by atoms with E-state index in [0.717, 1.165) is 31.6 Å². The molecule has 0 bridgehead atoms. The lowest BCUT2D eigenvalue weighted by atomic mass is 10.2. The van der Waals surface area contributed by atoms with Crippen molar-refractivity contribution >= 4 is 11.6 Å². The largest absolute Gasteiger partial charge is 0.491 e. The van der Waals surface area contributed by atoms with Crippen molar-refractivity contribution in [2.75, 3.05) is 18.5 Å². The van der Waals surface area contributed by atoms with Crippen LogP contribution in [-0.4, -0.2) is 31.3 Å². The van der Waals surface area contributed by atoms with Gasteiger partial charge in [0, 0.05) is 12.3 Å². The first-order valence-corrected chi connectivity index (χ1v) is 9.55. The molecule has 0 spiro atoms. The lowest BCUT2D eigenvalue weighted by molar-refractivity contribution is -0.122. The monoisotopic (exact) mass is 369 g/mol. The van der Waals surface area contributed by atoms with Crippen LogP contribution in [0.5, 0.6) is 11.5 Å². The lowest BCUT2D eigenvalue weighted by Crippen LogP contribution is -2.30. The number of hydrogen-bond acceptors (Lipinski definition) is 4. The van der Waals surface area contributed by atoms with Crippen LogP contribution >= 0.6 is 0 Å². The minimum absolute atomic E-state index is 0.189. The van der Waals surface area contributed by atoms with Crippen LogP contribution < -0.4 is 14.8 Å². The highest BCUT2D eigenvalue weighted by Crippen LogP contribution is 2.19. The van der Waals surface area contributed by atoms with Gasteiger partial charge in [0.15, 0.2) is 6.10 Å². The molecule has 0 radical (unpaired) electrons. The first kappa shape index (κ1) is 19.2. The number of carbonyl (C=O) groups excluding carboxylic acids is 1. The molecular weight excluding hydrogens is 342 g/mol. The number of ether oxygens (including phenoxy) is 3. The highest BCUT2D eigenvalue weighted by molar-refractivity contribution is 5.94. The summed E-state index contributed by atoms with van der Waals surface area (Å²) in [6.45, 7) is 5.22. The molecule has 1 fully saturated rings. The number of benzene rings is 2. The van der Waals surface area contributed by atoms with E-state index < -0.39 is 6.10 Å². The summed E-state index contributed by atoms with van der Waals surface area (Å²) in [6.07, 6.45) is 2.72. The van der Waals surface area contributed by atoms with E-state index in [0.29, 0.717) is 18.0 Å². The van der Waals surface area contributed by atoms with Crippen molar-refractivity contribution in [3.05, 3.63) is 54.1 Å². The Bertz CT molecular complexity index is 721. The van der Waals surface area contributed by atoms with Gasteiger partial charge in [-0.3, -0.25) is 4.79 Å². The highest BCUT2D eigenvalue weighted by Gasteiger charge is 2.17. The van der Waals surface area contributed by atoms with E-state index in [9.17, 15) is 4.79 Å². The Morgan fingerprint density at radius 1 is 1.15 bits per heavy atom. The fourth-order valence-electron chi connectivity index (χ4n) is 2.90. The molecule has 0 aliphatic carbocycles. The van der Waals surface area contributed by atoms with Crippen molar-refractivity contribution < 1.29 is 19.0 Å². The average molecular weight is 369 g/mol. The third-order valence-electron chi connectivity index (χ3n) is 4.60. The molecule has 2 aromatic carbocycles. The molecule has 1 amide bonds. The first-order valence-electron chi connectivity index (χ1n) is 9.55. The molecule has 144 valence electrons. The quantitative estimate of drug-likeness (QED) is 0.757. The van der Waals surface area contributed by atoms with E-state index in [4.69, 9.17) is 14.2 Å². The zero-order chi connectivity index (χ0) is 19.1. The van der Waals surface area contributed by atoms with Crippen LogP contribution in [0.4, 0.5) is 5.69 Å². The van der Waals surface area contributed by atoms with Gasteiger partial charge in [0.2, 0.25) is 0 Å². The summed E-state index contributed by atoms with van der Waals surface area (Å²) in [6, 6.07) is 15.1. The van der Waals surface area contributed by atoms with Crippen molar-refractivity contribution in [2.45, 2.75) is 45.3 Å². The van der Waals surface area contributed by atoms with Gasteiger partial charge >= 0.3 is 0 Å². The van der Waals surface area contributed by atoms with Crippen molar-refractivity contribution in [2.24, 2.45) is 0 Å². The molecule has 1 aliphatic heterocycles. The zero-order valence-electron chi connectivity index (χ0n) is 15.9. The maximum Gasteiger partial charge on any atom is 0.265 e. The summed E-state index contributed by atoms with van der Waals surface area (Å²) in [7, 11) is 0. The second-order valence-electron chi connectivity index (χ2n) is 6.72. The minimum Gasteiger partial charge on any atom is -0.491 e. The maximum absolute atomic E-state index is 12.3. The SMILES string of the molecule is CCc1ccc(O[C@@H](C)C(=O)Nc2ccc(OC[C@H]3CCCO3)cc2)cc1. The predicted molar refractivity (Wildman–Crippen MR) is 105 cm³/mol. The molecule has 2 atom stereocenters. The summed E-state index contributed by atoms with van der Waals surface area (Å²) in [5.41, 5.74) is 1.95. The Morgan fingerprint density at radius 3 is 2.48 bits per heavy atom. The molecule has 0 unspecified atom stereocenters. The molecule has 0 saturated carbocycles. The fraction of sp³-hybridized carbons (Fsp3) is 0.409. The zero-order valence-corrected chi connectivity index (χ0v) is 15.9. The van der Waals surface area contributed by atoms with Gasteiger partial charge in [0.1, 0.15) is 18.1 Å². The summed E-state index contributed by atoms with van der Waals surface area (Å²) in [4.78, 5) is 12.3. The van der Waals surface area contributed by atoms with Crippen molar-refractivity contribution in [3.8, 4) is 11.5 Å². The number of nitrogens with one attached hydrogen (secondary N) is 1. The maximum atomic E-state index is 12.3. The molecule has 1 aliphatic rings. The minimum atomic E-state index is -0.590. The Labute approximate surface area is 160 Å². The Kier molecular flexibility index (Phi) is 6.71. The van der Waals surface area contributed by atoms with Gasteiger partial charge in [-0.25, -0.2) is 0 Å². The topological polar surface area (TPSA) is 56.8 Å². The summed E-state index contributed by atoms with van der Waals surface area (Å²) in [5, 5.41) is 2.86. The summed E-state index contributed by atoms with van der Waals surface area (Å²) in [5.74, 6) is 1.26. The Morgan fingerprint density at radius 2 is 1.85 bits per heavy atom. The van der Waals surface area contributed by atoms with E-state index in [-0.39, 0.29) is 12.0 Å². The van der Waals surface area contributed by atoms with Crippen LogP contribution in [0.25, 0.3) is 0 Å². The van der Waals surface area contributed by atoms with Gasteiger partial charge in [0.05, 0.1) is 6.10 Å². The number of anilines is 1. The van der Waals surface area contributed by atoms with Gasteiger partial charge in [-0.15, -0.1) is 0 Å². The van der Waals surface area contributed by atoms with E-state index >= 15 is 0 Å². The fourth-order valence-corrected chi connectivity index (χ4v) is 2.90. The van der Waals surface area contributed by atoms with E-state index in [1.54, 1.807) is 6.92 Å². The number of hydrogen-bond donors (Lipinski definition) is 1. The van der Waals surface area contributed by atoms with Crippen LogP contribution in [-0.2, 0) is 16.0 Å². The third-order valence-corrected chi connectivity index (χ3v) is 4.60. The summed E-state index contributed by atoms with van der Waals surface area (Å²) < 4.78 is 17.0. The molecule has 5 nitrogen and oxygen atoms in total. The predicted octanol–water partition coefficient (Wildman–Crippen LogP) is 4.21. The van der Waals surface area contributed by atoms with Crippen molar-refractivity contribution in [1.29, 1.82) is 0 Å². The molecule has 27 heavy (non-hydrogen) atoms. The first-order chi connectivity index (χ1) is 13.1.